The fourth-order valence-electron chi connectivity index (χ4n) is 3.00. The van der Waals surface area contributed by atoms with Crippen LogP contribution in [0.4, 0.5) is 14.5 Å². The largest absolute Gasteiger partial charge is 0.465 e. The molecule has 2 aromatic carbocycles. The summed E-state index contributed by atoms with van der Waals surface area (Å²) in [5, 5.41) is 6.38. The van der Waals surface area contributed by atoms with Gasteiger partial charge in [-0.25, -0.2) is 18.3 Å². The summed E-state index contributed by atoms with van der Waals surface area (Å²) in [5.41, 5.74) is 0.392. The number of hydrogen-bond acceptors (Lipinski definition) is 5. The molecule has 1 heterocycles. The molecule has 0 aliphatic rings. The van der Waals surface area contributed by atoms with Gasteiger partial charge in [-0.15, -0.1) is 0 Å². The summed E-state index contributed by atoms with van der Waals surface area (Å²) in [6.45, 7) is 3.20. The Kier molecular flexibility index (Phi) is 5.72. The van der Waals surface area contributed by atoms with Gasteiger partial charge in [-0.2, -0.15) is 5.10 Å². The van der Waals surface area contributed by atoms with Crippen molar-refractivity contribution < 1.29 is 27.9 Å². The van der Waals surface area contributed by atoms with Crippen LogP contribution in [-0.4, -0.2) is 34.6 Å². The minimum absolute atomic E-state index is 0.0621. The van der Waals surface area contributed by atoms with Crippen LogP contribution in [-0.2, 0) is 9.53 Å². The van der Waals surface area contributed by atoms with Crippen molar-refractivity contribution in [2.45, 2.75) is 13.8 Å². The highest BCUT2D eigenvalue weighted by atomic mass is 19.1. The summed E-state index contributed by atoms with van der Waals surface area (Å²) in [6, 6.07) is 10.2. The molecule has 154 valence electrons. The van der Waals surface area contributed by atoms with Crippen LogP contribution >= 0.6 is 0 Å². The monoisotopic (exact) mass is 413 g/mol. The lowest BCUT2D eigenvalue weighted by Crippen LogP contribution is -2.25. The van der Waals surface area contributed by atoms with Crippen LogP contribution < -0.4 is 5.32 Å². The maximum atomic E-state index is 14.1. The van der Waals surface area contributed by atoms with Crippen LogP contribution in [0.3, 0.4) is 0 Å². The lowest BCUT2D eigenvalue weighted by atomic mass is 10.1. The minimum Gasteiger partial charge on any atom is -0.465 e. The second kappa shape index (κ2) is 8.24. The number of hydrogen-bond donors (Lipinski definition) is 1. The highest BCUT2D eigenvalue weighted by Crippen LogP contribution is 2.22. The fraction of sp³-hybridized carbons (Fsp3) is 0.143. The Bertz CT molecular complexity index is 1160. The zero-order valence-corrected chi connectivity index (χ0v) is 16.3. The highest BCUT2D eigenvalue weighted by Gasteiger charge is 2.26. The Morgan fingerprint density at radius 2 is 1.70 bits per heavy atom. The van der Waals surface area contributed by atoms with Gasteiger partial charge in [0.25, 0.3) is 11.7 Å². The van der Waals surface area contributed by atoms with Crippen molar-refractivity contribution in [1.29, 1.82) is 0 Å². The standard InChI is InChI=1S/C21H17F2N3O4/c1-11-18(12(2)26(25-11)13-7-5-4-6-8-13)19(27)20(28)24-17-9-14(21(29)30-3)15(22)10-16(17)23/h4-10H,1-3H3,(H,24,28). The third-order valence-electron chi connectivity index (χ3n) is 4.44. The molecule has 0 saturated carbocycles. The molecule has 1 amide bonds. The van der Waals surface area contributed by atoms with E-state index in [0.717, 1.165) is 13.2 Å². The number of amides is 1. The van der Waals surface area contributed by atoms with E-state index in [9.17, 15) is 23.2 Å². The number of methoxy groups -OCH3 is 1. The summed E-state index contributed by atoms with van der Waals surface area (Å²) in [4.78, 5) is 36.8. The molecule has 7 nitrogen and oxygen atoms in total. The Hall–Kier alpha value is -3.88. The third-order valence-corrected chi connectivity index (χ3v) is 4.44. The topological polar surface area (TPSA) is 90.3 Å². The molecular weight excluding hydrogens is 396 g/mol. The number of nitrogens with zero attached hydrogens (tertiary/aromatic N) is 2. The van der Waals surface area contributed by atoms with Gasteiger partial charge in [0.2, 0.25) is 0 Å². The number of ether oxygens (including phenoxy) is 1. The molecule has 1 aromatic heterocycles. The van der Waals surface area contributed by atoms with Crippen molar-refractivity contribution in [2.75, 3.05) is 12.4 Å². The second-order valence-corrected chi connectivity index (χ2v) is 6.38. The number of carbonyl (C=O) groups is 3. The normalized spacial score (nSPS) is 10.6. The average molecular weight is 413 g/mol. The van der Waals surface area contributed by atoms with Crippen molar-refractivity contribution in [2.24, 2.45) is 0 Å². The number of ketones is 1. The molecule has 0 aliphatic carbocycles. The Morgan fingerprint density at radius 1 is 1.03 bits per heavy atom. The van der Waals surface area contributed by atoms with Gasteiger partial charge in [0.15, 0.2) is 0 Å². The maximum absolute atomic E-state index is 14.1. The number of aryl methyl sites for hydroxylation is 1. The molecular formula is C21H17F2N3O4. The van der Waals surface area contributed by atoms with Crippen molar-refractivity contribution in [1.82, 2.24) is 9.78 Å². The molecule has 30 heavy (non-hydrogen) atoms. The lowest BCUT2D eigenvalue weighted by Gasteiger charge is -2.09. The molecule has 0 spiro atoms. The molecule has 0 bridgehead atoms. The lowest BCUT2D eigenvalue weighted by molar-refractivity contribution is -0.112. The first-order valence-electron chi connectivity index (χ1n) is 8.79. The molecule has 0 unspecified atom stereocenters. The van der Waals surface area contributed by atoms with Gasteiger partial charge in [0, 0.05) is 6.07 Å². The van der Waals surface area contributed by atoms with Crippen LogP contribution in [0.25, 0.3) is 5.69 Å². The van der Waals surface area contributed by atoms with E-state index in [1.807, 2.05) is 6.07 Å². The first-order valence-corrected chi connectivity index (χ1v) is 8.79. The predicted molar refractivity (Wildman–Crippen MR) is 104 cm³/mol. The molecule has 3 rings (SSSR count). The summed E-state index contributed by atoms with van der Waals surface area (Å²) in [7, 11) is 1.03. The number of halogens is 2. The zero-order valence-electron chi connectivity index (χ0n) is 16.3. The molecule has 0 fully saturated rings. The van der Waals surface area contributed by atoms with Crippen LogP contribution in [0.15, 0.2) is 42.5 Å². The average Bonchev–Trinajstić information content (AvgIpc) is 3.03. The van der Waals surface area contributed by atoms with Gasteiger partial charge in [-0.3, -0.25) is 9.59 Å². The molecule has 0 aliphatic heterocycles. The van der Waals surface area contributed by atoms with E-state index in [1.54, 1.807) is 38.1 Å². The second-order valence-electron chi connectivity index (χ2n) is 6.38. The van der Waals surface area contributed by atoms with E-state index in [0.29, 0.717) is 23.1 Å². The Labute approximate surface area is 170 Å². The van der Waals surface area contributed by atoms with Gasteiger partial charge in [-0.05, 0) is 32.0 Å². The first kappa shape index (κ1) is 20.8. The fourth-order valence-corrected chi connectivity index (χ4v) is 3.00. The van der Waals surface area contributed by atoms with Crippen molar-refractivity contribution in [3.8, 4) is 5.69 Å². The summed E-state index contributed by atoms with van der Waals surface area (Å²) in [6.07, 6.45) is 0. The molecule has 3 aromatic rings. The number of carbonyl (C=O) groups excluding carboxylic acids is 3. The summed E-state index contributed by atoms with van der Waals surface area (Å²) in [5.74, 6) is -5.45. The quantitative estimate of drug-likeness (QED) is 0.394. The molecule has 9 heteroatoms. The van der Waals surface area contributed by atoms with Gasteiger partial charge in [0.1, 0.15) is 11.6 Å². The van der Waals surface area contributed by atoms with Crippen molar-refractivity contribution in [3.05, 3.63) is 76.6 Å². The summed E-state index contributed by atoms with van der Waals surface area (Å²) >= 11 is 0. The number of rotatable bonds is 5. The van der Waals surface area contributed by atoms with Gasteiger partial charge >= 0.3 is 5.97 Å². The van der Waals surface area contributed by atoms with Gasteiger partial charge in [-0.1, -0.05) is 18.2 Å². The number of nitrogens with one attached hydrogen (secondary N) is 1. The van der Waals surface area contributed by atoms with E-state index >= 15 is 0 Å². The number of benzene rings is 2. The third kappa shape index (κ3) is 3.82. The SMILES string of the molecule is COC(=O)c1cc(NC(=O)C(=O)c2c(C)nn(-c3ccccc3)c2C)c(F)cc1F. The first-order chi connectivity index (χ1) is 14.2. The molecule has 0 radical (unpaired) electrons. The van der Waals surface area contributed by atoms with Gasteiger partial charge in [0.05, 0.1) is 41.0 Å². The van der Waals surface area contributed by atoms with Crippen LogP contribution in [0, 0.1) is 25.5 Å². The van der Waals surface area contributed by atoms with E-state index in [4.69, 9.17) is 0 Å². The van der Waals surface area contributed by atoms with E-state index in [-0.39, 0.29) is 5.56 Å². The van der Waals surface area contributed by atoms with Crippen LogP contribution in [0.1, 0.15) is 32.1 Å². The predicted octanol–water partition coefficient (Wildman–Crippen LogP) is 3.38. The maximum Gasteiger partial charge on any atom is 0.340 e. The molecule has 1 N–H and O–H groups in total. The number of anilines is 1. The zero-order chi connectivity index (χ0) is 22.0. The van der Waals surface area contributed by atoms with Crippen molar-refractivity contribution >= 4 is 23.3 Å². The van der Waals surface area contributed by atoms with E-state index in [2.05, 4.69) is 15.2 Å². The number of aromatic nitrogens is 2. The number of Topliss-reactive ketones (excluding diaryl/α,β-unsaturated/α-hetero) is 1. The molecule has 0 atom stereocenters. The van der Waals surface area contributed by atoms with Crippen LogP contribution in [0.2, 0.25) is 0 Å². The molecule has 0 saturated heterocycles. The van der Waals surface area contributed by atoms with E-state index < -0.39 is 40.5 Å². The highest BCUT2D eigenvalue weighted by molar-refractivity contribution is 6.47. The smallest absolute Gasteiger partial charge is 0.340 e. The van der Waals surface area contributed by atoms with Gasteiger partial charge < -0.3 is 10.1 Å². The number of para-hydroxylation sites is 1. The van der Waals surface area contributed by atoms with E-state index in [1.165, 1.54) is 4.68 Å². The summed E-state index contributed by atoms with van der Waals surface area (Å²) < 4.78 is 33.8. The Morgan fingerprint density at radius 3 is 2.33 bits per heavy atom. The van der Waals surface area contributed by atoms with Crippen LogP contribution in [0.5, 0.6) is 0 Å². The van der Waals surface area contributed by atoms with Crippen molar-refractivity contribution in [3.63, 3.8) is 0 Å². The number of esters is 1. The Balaban J connectivity index is 1.92. The minimum atomic E-state index is -1.16.